The first-order valence-electron chi connectivity index (χ1n) is 7.24. The highest BCUT2D eigenvalue weighted by Crippen LogP contribution is 2.13. The summed E-state index contributed by atoms with van der Waals surface area (Å²) in [4.78, 5) is 18.3. The monoisotopic (exact) mass is 279 g/mol. The molecular formula is C15H22FN3O. The molecule has 1 amide bonds. The number of hydrogen-bond donors (Lipinski definition) is 1. The van der Waals surface area contributed by atoms with Crippen molar-refractivity contribution in [1.29, 1.82) is 0 Å². The summed E-state index contributed by atoms with van der Waals surface area (Å²) < 4.78 is 12.8. The molecule has 0 spiro atoms. The molecule has 2 rings (SSSR count). The predicted molar refractivity (Wildman–Crippen MR) is 75.6 cm³/mol. The number of nitrogens with zero attached hydrogens (tertiary/aromatic N) is 2. The Morgan fingerprint density at radius 3 is 2.60 bits per heavy atom. The van der Waals surface area contributed by atoms with E-state index in [0.29, 0.717) is 0 Å². The van der Waals surface area contributed by atoms with Crippen molar-refractivity contribution in [2.75, 3.05) is 13.1 Å². The first kappa shape index (κ1) is 14.9. The normalized spacial score (nSPS) is 18.6. The lowest BCUT2D eigenvalue weighted by molar-refractivity contribution is -0.134. The standard InChI is InChI=1S/C15H22FN3O/c1-11(14-7-6-13(16)10-17-14)18-12(2)15(20)19-8-4-3-5-9-19/h6-7,10-12,18H,3-5,8-9H2,1-2H3. The van der Waals surface area contributed by atoms with Gasteiger partial charge in [0, 0.05) is 19.1 Å². The van der Waals surface area contributed by atoms with Gasteiger partial charge in [0.15, 0.2) is 0 Å². The Hall–Kier alpha value is -1.49. The number of piperidine rings is 1. The van der Waals surface area contributed by atoms with E-state index in [-0.39, 0.29) is 23.8 Å². The fraction of sp³-hybridized carbons (Fsp3) is 0.600. The number of carbonyl (C=O) groups is 1. The molecule has 5 heteroatoms. The van der Waals surface area contributed by atoms with Gasteiger partial charge < -0.3 is 4.90 Å². The van der Waals surface area contributed by atoms with Crippen LogP contribution >= 0.6 is 0 Å². The maximum absolute atomic E-state index is 12.8. The fourth-order valence-electron chi connectivity index (χ4n) is 2.56. The number of rotatable bonds is 4. The van der Waals surface area contributed by atoms with Crippen molar-refractivity contribution in [3.05, 3.63) is 29.8 Å². The van der Waals surface area contributed by atoms with Crippen LogP contribution in [0.3, 0.4) is 0 Å². The smallest absolute Gasteiger partial charge is 0.239 e. The van der Waals surface area contributed by atoms with Crippen molar-refractivity contribution in [3.63, 3.8) is 0 Å². The maximum atomic E-state index is 12.8. The van der Waals surface area contributed by atoms with Crippen molar-refractivity contribution in [1.82, 2.24) is 15.2 Å². The van der Waals surface area contributed by atoms with Crippen molar-refractivity contribution < 1.29 is 9.18 Å². The first-order chi connectivity index (χ1) is 9.58. The maximum Gasteiger partial charge on any atom is 0.239 e. The predicted octanol–water partition coefficient (Wildman–Crippen LogP) is 2.27. The highest BCUT2D eigenvalue weighted by molar-refractivity contribution is 5.81. The average molecular weight is 279 g/mol. The molecule has 1 aliphatic heterocycles. The van der Waals surface area contributed by atoms with Crippen molar-refractivity contribution in [3.8, 4) is 0 Å². The van der Waals surface area contributed by atoms with Gasteiger partial charge in [-0.2, -0.15) is 0 Å². The summed E-state index contributed by atoms with van der Waals surface area (Å²) >= 11 is 0. The molecule has 2 heterocycles. The summed E-state index contributed by atoms with van der Waals surface area (Å²) in [7, 11) is 0. The van der Waals surface area contributed by atoms with Crippen LogP contribution in [-0.2, 0) is 4.79 Å². The summed E-state index contributed by atoms with van der Waals surface area (Å²) in [6.07, 6.45) is 4.59. The van der Waals surface area contributed by atoms with E-state index in [0.717, 1.165) is 31.6 Å². The van der Waals surface area contributed by atoms with E-state index in [4.69, 9.17) is 0 Å². The lowest BCUT2D eigenvalue weighted by Crippen LogP contribution is -2.47. The summed E-state index contributed by atoms with van der Waals surface area (Å²) in [6, 6.07) is 2.69. The second-order valence-corrected chi connectivity index (χ2v) is 5.40. The van der Waals surface area contributed by atoms with Crippen LogP contribution in [0.25, 0.3) is 0 Å². The van der Waals surface area contributed by atoms with Crippen LogP contribution in [0.5, 0.6) is 0 Å². The number of nitrogens with one attached hydrogen (secondary N) is 1. The highest BCUT2D eigenvalue weighted by Gasteiger charge is 2.23. The first-order valence-corrected chi connectivity index (χ1v) is 7.24. The molecule has 1 aromatic heterocycles. The van der Waals surface area contributed by atoms with Crippen LogP contribution in [0, 0.1) is 5.82 Å². The van der Waals surface area contributed by atoms with E-state index in [9.17, 15) is 9.18 Å². The van der Waals surface area contributed by atoms with Crippen LogP contribution in [0.1, 0.15) is 44.8 Å². The van der Waals surface area contributed by atoms with Gasteiger partial charge in [-0.3, -0.25) is 15.1 Å². The minimum Gasteiger partial charge on any atom is -0.341 e. The summed E-state index contributed by atoms with van der Waals surface area (Å²) in [6.45, 7) is 5.51. The molecule has 0 radical (unpaired) electrons. The number of carbonyl (C=O) groups excluding carboxylic acids is 1. The molecule has 0 aromatic carbocycles. The molecule has 1 N–H and O–H groups in total. The quantitative estimate of drug-likeness (QED) is 0.919. The van der Waals surface area contributed by atoms with E-state index < -0.39 is 0 Å². The topological polar surface area (TPSA) is 45.2 Å². The van der Waals surface area contributed by atoms with E-state index in [2.05, 4.69) is 10.3 Å². The molecule has 110 valence electrons. The molecule has 0 bridgehead atoms. The Bertz CT molecular complexity index is 443. The van der Waals surface area contributed by atoms with E-state index in [1.165, 1.54) is 18.7 Å². The van der Waals surface area contributed by atoms with E-state index in [1.807, 2.05) is 18.7 Å². The summed E-state index contributed by atoms with van der Waals surface area (Å²) in [5.41, 5.74) is 0.740. The Labute approximate surface area is 119 Å². The van der Waals surface area contributed by atoms with Crippen LogP contribution in [0.2, 0.25) is 0 Å². The Morgan fingerprint density at radius 2 is 2.00 bits per heavy atom. The number of amides is 1. The van der Waals surface area contributed by atoms with Crippen LogP contribution < -0.4 is 5.32 Å². The second-order valence-electron chi connectivity index (χ2n) is 5.40. The number of hydrogen-bond acceptors (Lipinski definition) is 3. The third kappa shape index (κ3) is 3.76. The zero-order valence-electron chi connectivity index (χ0n) is 12.1. The molecule has 1 aromatic rings. The molecule has 4 nitrogen and oxygen atoms in total. The summed E-state index contributed by atoms with van der Waals surface area (Å²) in [5, 5.41) is 3.24. The van der Waals surface area contributed by atoms with Gasteiger partial charge in [0.05, 0.1) is 17.9 Å². The molecule has 1 aliphatic rings. The van der Waals surface area contributed by atoms with Gasteiger partial charge in [0.25, 0.3) is 0 Å². The highest BCUT2D eigenvalue weighted by atomic mass is 19.1. The third-order valence-electron chi connectivity index (χ3n) is 3.73. The molecule has 1 fully saturated rings. The van der Waals surface area contributed by atoms with Crippen LogP contribution in [0.4, 0.5) is 4.39 Å². The number of pyridine rings is 1. The Morgan fingerprint density at radius 1 is 1.30 bits per heavy atom. The third-order valence-corrected chi connectivity index (χ3v) is 3.73. The average Bonchev–Trinajstić information content (AvgIpc) is 2.48. The molecule has 1 saturated heterocycles. The fourth-order valence-corrected chi connectivity index (χ4v) is 2.56. The molecule has 20 heavy (non-hydrogen) atoms. The number of aromatic nitrogens is 1. The SMILES string of the molecule is CC(NC(C)c1ccc(F)cn1)C(=O)N1CCCCC1. The van der Waals surface area contributed by atoms with Crippen molar-refractivity contribution in [2.24, 2.45) is 0 Å². The minimum absolute atomic E-state index is 0.0839. The lowest BCUT2D eigenvalue weighted by atomic mass is 10.1. The number of halogens is 1. The Kier molecular flexibility index (Phi) is 5.06. The van der Waals surface area contributed by atoms with Gasteiger partial charge in [-0.15, -0.1) is 0 Å². The van der Waals surface area contributed by atoms with Gasteiger partial charge in [0.1, 0.15) is 5.82 Å². The van der Waals surface area contributed by atoms with Crippen LogP contribution in [-0.4, -0.2) is 34.9 Å². The summed E-state index contributed by atoms with van der Waals surface area (Å²) in [5.74, 6) is -0.211. The second kappa shape index (κ2) is 6.79. The lowest BCUT2D eigenvalue weighted by Gasteiger charge is -2.30. The van der Waals surface area contributed by atoms with Gasteiger partial charge in [0.2, 0.25) is 5.91 Å². The van der Waals surface area contributed by atoms with Gasteiger partial charge in [-0.25, -0.2) is 4.39 Å². The minimum atomic E-state index is -0.349. The molecule has 0 aliphatic carbocycles. The van der Waals surface area contributed by atoms with Gasteiger partial charge in [-0.05, 0) is 45.2 Å². The molecule has 2 atom stereocenters. The molecule has 0 saturated carbocycles. The number of likely N-dealkylation sites (tertiary alicyclic amines) is 1. The van der Waals surface area contributed by atoms with Gasteiger partial charge >= 0.3 is 0 Å². The van der Waals surface area contributed by atoms with E-state index >= 15 is 0 Å². The Balaban J connectivity index is 1.91. The largest absolute Gasteiger partial charge is 0.341 e. The van der Waals surface area contributed by atoms with E-state index in [1.54, 1.807) is 6.07 Å². The van der Waals surface area contributed by atoms with Crippen molar-refractivity contribution >= 4 is 5.91 Å². The van der Waals surface area contributed by atoms with Crippen LogP contribution in [0.15, 0.2) is 18.3 Å². The zero-order valence-corrected chi connectivity index (χ0v) is 12.1. The molecular weight excluding hydrogens is 257 g/mol. The van der Waals surface area contributed by atoms with Crippen molar-refractivity contribution in [2.45, 2.75) is 45.2 Å². The molecule has 2 unspecified atom stereocenters. The zero-order chi connectivity index (χ0) is 14.5. The van der Waals surface area contributed by atoms with Gasteiger partial charge in [-0.1, -0.05) is 0 Å².